The van der Waals surface area contributed by atoms with Crippen molar-refractivity contribution in [3.05, 3.63) is 29.3 Å². The molecule has 3 aliphatic rings. The van der Waals surface area contributed by atoms with Crippen molar-refractivity contribution in [1.82, 2.24) is 10.2 Å². The Morgan fingerprint density at radius 3 is 3.24 bits per heavy atom. The molecule has 21 heavy (non-hydrogen) atoms. The first-order valence-electron chi connectivity index (χ1n) is 8.08. The first-order valence-corrected chi connectivity index (χ1v) is 8.08. The van der Waals surface area contributed by atoms with Gasteiger partial charge in [-0.3, -0.25) is 4.79 Å². The van der Waals surface area contributed by atoms with Gasteiger partial charge in [0.2, 0.25) is 5.91 Å². The summed E-state index contributed by atoms with van der Waals surface area (Å²) in [5.74, 6) is 1.62. The monoisotopic (exact) mass is 286 g/mol. The third kappa shape index (κ3) is 2.42. The van der Waals surface area contributed by atoms with Crippen LogP contribution in [0.25, 0.3) is 0 Å². The van der Waals surface area contributed by atoms with Gasteiger partial charge in [-0.25, -0.2) is 0 Å². The van der Waals surface area contributed by atoms with Gasteiger partial charge < -0.3 is 15.0 Å². The van der Waals surface area contributed by atoms with Gasteiger partial charge in [0, 0.05) is 25.6 Å². The van der Waals surface area contributed by atoms with E-state index in [9.17, 15) is 4.79 Å². The van der Waals surface area contributed by atoms with Crippen molar-refractivity contribution in [1.29, 1.82) is 0 Å². The summed E-state index contributed by atoms with van der Waals surface area (Å²) in [6, 6.07) is 6.84. The molecule has 0 aromatic heterocycles. The Morgan fingerprint density at radius 1 is 1.38 bits per heavy atom. The molecule has 1 aromatic rings. The zero-order valence-corrected chi connectivity index (χ0v) is 12.3. The number of carbonyl (C=O) groups is 1. The van der Waals surface area contributed by atoms with Crippen molar-refractivity contribution in [2.45, 2.75) is 31.7 Å². The highest BCUT2D eigenvalue weighted by Gasteiger charge is 2.40. The van der Waals surface area contributed by atoms with Gasteiger partial charge in [-0.2, -0.15) is 0 Å². The van der Waals surface area contributed by atoms with Crippen molar-refractivity contribution in [2.24, 2.45) is 5.92 Å². The number of amides is 1. The quantitative estimate of drug-likeness (QED) is 0.912. The molecule has 2 atom stereocenters. The summed E-state index contributed by atoms with van der Waals surface area (Å²) < 4.78 is 5.54. The summed E-state index contributed by atoms with van der Waals surface area (Å²) in [6.07, 6.45) is 4.15. The van der Waals surface area contributed by atoms with Crippen molar-refractivity contribution in [2.75, 3.05) is 26.2 Å². The zero-order chi connectivity index (χ0) is 14.2. The molecule has 0 saturated carbocycles. The van der Waals surface area contributed by atoms with E-state index in [4.69, 9.17) is 4.74 Å². The van der Waals surface area contributed by atoms with Gasteiger partial charge in [-0.15, -0.1) is 0 Å². The lowest BCUT2D eigenvalue weighted by Crippen LogP contribution is -2.41. The largest absolute Gasteiger partial charge is 0.493 e. The van der Waals surface area contributed by atoms with Gasteiger partial charge >= 0.3 is 0 Å². The standard InChI is InChI=1S/C17H22N2O2/c20-17-14-2-1-7-18-15(14)11-19(17)8-5-12-3-4-16-13(10-12)6-9-21-16/h3-4,10,14-15,18H,1-2,5-9,11H2. The van der Waals surface area contributed by atoms with E-state index >= 15 is 0 Å². The minimum Gasteiger partial charge on any atom is -0.493 e. The minimum atomic E-state index is 0.229. The molecule has 4 rings (SSSR count). The molecule has 4 nitrogen and oxygen atoms in total. The Balaban J connectivity index is 1.39. The normalized spacial score (nSPS) is 27.4. The number of rotatable bonds is 3. The molecule has 1 aromatic carbocycles. The van der Waals surface area contributed by atoms with Crippen LogP contribution in [-0.4, -0.2) is 43.1 Å². The van der Waals surface area contributed by atoms with Crippen LogP contribution in [0.15, 0.2) is 18.2 Å². The highest BCUT2D eigenvalue weighted by Crippen LogP contribution is 2.28. The molecule has 2 fully saturated rings. The lowest BCUT2D eigenvalue weighted by Gasteiger charge is -2.23. The maximum atomic E-state index is 12.4. The topological polar surface area (TPSA) is 41.6 Å². The van der Waals surface area contributed by atoms with Crippen LogP contribution in [0.5, 0.6) is 5.75 Å². The van der Waals surface area contributed by atoms with Crippen LogP contribution < -0.4 is 10.1 Å². The summed E-state index contributed by atoms with van der Waals surface area (Å²) in [5.41, 5.74) is 2.63. The minimum absolute atomic E-state index is 0.229. The fourth-order valence-electron chi connectivity index (χ4n) is 3.86. The first-order chi connectivity index (χ1) is 10.3. The van der Waals surface area contributed by atoms with Crippen molar-refractivity contribution < 1.29 is 9.53 Å². The highest BCUT2D eigenvalue weighted by molar-refractivity contribution is 5.82. The van der Waals surface area contributed by atoms with Gasteiger partial charge in [0.25, 0.3) is 0 Å². The zero-order valence-electron chi connectivity index (χ0n) is 12.3. The Morgan fingerprint density at radius 2 is 2.33 bits per heavy atom. The van der Waals surface area contributed by atoms with E-state index in [0.29, 0.717) is 11.9 Å². The summed E-state index contributed by atoms with van der Waals surface area (Å²) in [4.78, 5) is 14.5. The maximum Gasteiger partial charge on any atom is 0.227 e. The molecule has 1 amide bonds. The number of nitrogens with one attached hydrogen (secondary N) is 1. The van der Waals surface area contributed by atoms with E-state index in [-0.39, 0.29) is 5.92 Å². The maximum absolute atomic E-state index is 12.4. The molecular formula is C17H22N2O2. The van der Waals surface area contributed by atoms with Crippen LogP contribution in [0.1, 0.15) is 24.0 Å². The molecule has 2 unspecified atom stereocenters. The van der Waals surface area contributed by atoms with E-state index in [2.05, 4.69) is 28.4 Å². The van der Waals surface area contributed by atoms with Crippen LogP contribution in [-0.2, 0) is 17.6 Å². The molecule has 0 radical (unpaired) electrons. The molecule has 112 valence electrons. The number of carbonyl (C=O) groups excluding carboxylic acids is 1. The predicted molar refractivity (Wildman–Crippen MR) is 80.4 cm³/mol. The number of piperidine rings is 1. The summed E-state index contributed by atoms with van der Waals surface area (Å²) in [5, 5.41) is 3.49. The SMILES string of the molecule is O=C1C2CCCNC2CN1CCc1ccc2c(c1)CCO2. The van der Waals surface area contributed by atoms with Gasteiger partial charge in [0.05, 0.1) is 12.5 Å². The van der Waals surface area contributed by atoms with Crippen LogP contribution in [0.4, 0.5) is 0 Å². The van der Waals surface area contributed by atoms with Crippen molar-refractivity contribution >= 4 is 5.91 Å². The number of fused-ring (bicyclic) bond motifs is 2. The van der Waals surface area contributed by atoms with Crippen LogP contribution in [0.2, 0.25) is 0 Å². The van der Waals surface area contributed by atoms with Gasteiger partial charge in [0.15, 0.2) is 0 Å². The Kier molecular flexibility index (Phi) is 3.34. The number of likely N-dealkylation sites (tertiary alicyclic amines) is 1. The second-order valence-electron chi connectivity index (χ2n) is 6.38. The fraction of sp³-hybridized carbons (Fsp3) is 0.588. The van der Waals surface area contributed by atoms with E-state index < -0.39 is 0 Å². The van der Waals surface area contributed by atoms with E-state index in [1.165, 1.54) is 11.1 Å². The number of nitrogens with zero attached hydrogens (tertiary/aromatic N) is 1. The molecular weight excluding hydrogens is 264 g/mol. The van der Waals surface area contributed by atoms with Gasteiger partial charge in [-0.1, -0.05) is 12.1 Å². The van der Waals surface area contributed by atoms with E-state index in [1.54, 1.807) is 0 Å². The van der Waals surface area contributed by atoms with Crippen molar-refractivity contribution in [3.8, 4) is 5.75 Å². The van der Waals surface area contributed by atoms with Crippen molar-refractivity contribution in [3.63, 3.8) is 0 Å². The number of benzene rings is 1. The predicted octanol–water partition coefficient (Wildman–Crippen LogP) is 1.37. The average molecular weight is 286 g/mol. The lowest BCUT2D eigenvalue weighted by atomic mass is 9.94. The first kappa shape index (κ1) is 13.1. The molecule has 3 heterocycles. The summed E-state index contributed by atoms with van der Waals surface area (Å²) in [6.45, 7) is 3.59. The van der Waals surface area contributed by atoms with Crippen LogP contribution in [0, 0.1) is 5.92 Å². The summed E-state index contributed by atoms with van der Waals surface area (Å²) >= 11 is 0. The third-order valence-corrected chi connectivity index (χ3v) is 5.05. The van der Waals surface area contributed by atoms with E-state index in [0.717, 1.165) is 57.7 Å². The average Bonchev–Trinajstić information content (AvgIpc) is 3.10. The molecule has 2 saturated heterocycles. The van der Waals surface area contributed by atoms with Crippen LogP contribution in [0.3, 0.4) is 0 Å². The molecule has 1 N–H and O–H groups in total. The van der Waals surface area contributed by atoms with Gasteiger partial charge in [-0.05, 0) is 43.0 Å². The smallest absolute Gasteiger partial charge is 0.227 e. The Hall–Kier alpha value is -1.55. The molecule has 0 bridgehead atoms. The second-order valence-corrected chi connectivity index (χ2v) is 6.38. The highest BCUT2D eigenvalue weighted by atomic mass is 16.5. The van der Waals surface area contributed by atoms with Gasteiger partial charge in [0.1, 0.15) is 5.75 Å². The molecule has 3 aliphatic heterocycles. The number of hydrogen-bond acceptors (Lipinski definition) is 3. The van der Waals surface area contributed by atoms with E-state index in [1.807, 2.05) is 0 Å². The Labute approximate surface area is 125 Å². The number of ether oxygens (including phenoxy) is 1. The number of hydrogen-bond donors (Lipinski definition) is 1. The molecule has 0 aliphatic carbocycles. The Bertz CT molecular complexity index is 558. The third-order valence-electron chi connectivity index (χ3n) is 5.05. The summed E-state index contributed by atoms with van der Waals surface area (Å²) in [7, 11) is 0. The van der Waals surface area contributed by atoms with Crippen LogP contribution >= 0.6 is 0 Å². The fourth-order valence-corrected chi connectivity index (χ4v) is 3.86. The molecule has 4 heteroatoms. The lowest BCUT2D eigenvalue weighted by molar-refractivity contribution is -0.131. The molecule has 0 spiro atoms. The second kappa shape index (κ2) is 5.34.